The molecule has 4 atom stereocenters. The Morgan fingerprint density at radius 3 is 3.14 bits per heavy atom. The molecule has 2 saturated heterocycles. The number of rotatable bonds is 4. The second-order valence-corrected chi connectivity index (χ2v) is 5.93. The van der Waals surface area contributed by atoms with Crippen LogP contribution in [-0.4, -0.2) is 41.6 Å². The van der Waals surface area contributed by atoms with Gasteiger partial charge in [0.05, 0.1) is 38.0 Å². The number of fused-ring (bicyclic) bond motifs is 1. The average molecular weight is 303 g/mol. The molecule has 4 heterocycles. The number of carbonyl (C=O) groups is 2. The lowest BCUT2D eigenvalue weighted by Gasteiger charge is -2.22. The minimum atomic E-state index is -0.689. The van der Waals surface area contributed by atoms with Gasteiger partial charge in [-0.1, -0.05) is 12.2 Å². The van der Waals surface area contributed by atoms with Crippen LogP contribution in [-0.2, 0) is 25.6 Å². The summed E-state index contributed by atoms with van der Waals surface area (Å²) in [4.78, 5) is 26.7. The Bertz CT molecular complexity index is 637. The van der Waals surface area contributed by atoms with Gasteiger partial charge in [-0.25, -0.2) is 0 Å². The van der Waals surface area contributed by atoms with Gasteiger partial charge in [-0.15, -0.1) is 0 Å². The molecule has 0 radical (unpaired) electrons. The fourth-order valence-corrected chi connectivity index (χ4v) is 3.81. The van der Waals surface area contributed by atoms with E-state index >= 15 is 0 Å². The largest absolute Gasteiger partial charge is 0.467 e. The van der Waals surface area contributed by atoms with Crippen LogP contribution in [0.25, 0.3) is 0 Å². The fourth-order valence-electron chi connectivity index (χ4n) is 3.81. The number of ether oxygens (including phenoxy) is 2. The van der Waals surface area contributed by atoms with Crippen molar-refractivity contribution in [1.29, 1.82) is 0 Å². The summed E-state index contributed by atoms with van der Waals surface area (Å²) in [6.45, 7) is 2.90. The van der Waals surface area contributed by atoms with E-state index in [1.165, 1.54) is 0 Å². The number of likely N-dealkylation sites (tertiary alicyclic amines) is 1. The Morgan fingerprint density at radius 1 is 1.55 bits per heavy atom. The van der Waals surface area contributed by atoms with Crippen LogP contribution in [0.3, 0.4) is 0 Å². The molecule has 1 aromatic heterocycles. The predicted octanol–water partition coefficient (Wildman–Crippen LogP) is 1.12. The van der Waals surface area contributed by atoms with Crippen molar-refractivity contribution in [3.05, 3.63) is 36.3 Å². The quantitative estimate of drug-likeness (QED) is 0.616. The van der Waals surface area contributed by atoms with Gasteiger partial charge < -0.3 is 18.8 Å². The van der Waals surface area contributed by atoms with Gasteiger partial charge >= 0.3 is 5.97 Å². The van der Waals surface area contributed by atoms with Gasteiger partial charge in [0, 0.05) is 0 Å². The van der Waals surface area contributed by atoms with Crippen LogP contribution >= 0.6 is 0 Å². The van der Waals surface area contributed by atoms with Crippen LogP contribution in [0.1, 0.15) is 12.7 Å². The van der Waals surface area contributed by atoms with Crippen molar-refractivity contribution in [3.63, 3.8) is 0 Å². The van der Waals surface area contributed by atoms with Gasteiger partial charge in [0.2, 0.25) is 5.91 Å². The number of hydrogen-bond donors (Lipinski definition) is 0. The third-order valence-electron chi connectivity index (χ3n) is 4.66. The van der Waals surface area contributed by atoms with E-state index in [2.05, 4.69) is 0 Å². The van der Waals surface area contributed by atoms with Crippen molar-refractivity contribution in [2.45, 2.75) is 25.2 Å². The first-order chi connectivity index (χ1) is 10.6. The molecule has 4 rings (SSSR count). The molecule has 1 aromatic rings. The molecular weight excluding hydrogens is 286 g/mol. The normalized spacial score (nSPS) is 35.2. The molecule has 0 saturated carbocycles. The minimum Gasteiger partial charge on any atom is -0.467 e. The molecule has 0 aromatic carbocycles. The summed E-state index contributed by atoms with van der Waals surface area (Å²) in [7, 11) is 0. The second kappa shape index (κ2) is 4.71. The van der Waals surface area contributed by atoms with Gasteiger partial charge in [-0.2, -0.15) is 0 Å². The molecule has 116 valence electrons. The van der Waals surface area contributed by atoms with Gasteiger partial charge in [-0.3, -0.25) is 9.59 Å². The third-order valence-corrected chi connectivity index (χ3v) is 4.66. The van der Waals surface area contributed by atoms with E-state index < -0.39 is 17.4 Å². The summed E-state index contributed by atoms with van der Waals surface area (Å²) in [6, 6.07) is 3.62. The van der Waals surface area contributed by atoms with Gasteiger partial charge in [-0.05, 0) is 19.1 Å². The van der Waals surface area contributed by atoms with Crippen molar-refractivity contribution in [2.24, 2.45) is 11.8 Å². The van der Waals surface area contributed by atoms with E-state index in [1.807, 2.05) is 18.2 Å². The Balaban J connectivity index is 1.61. The molecule has 0 aliphatic carbocycles. The van der Waals surface area contributed by atoms with E-state index in [0.29, 0.717) is 19.7 Å². The molecule has 22 heavy (non-hydrogen) atoms. The number of esters is 1. The van der Waals surface area contributed by atoms with E-state index in [9.17, 15) is 9.59 Å². The molecule has 3 aliphatic heterocycles. The summed E-state index contributed by atoms with van der Waals surface area (Å²) in [5, 5.41) is 0. The zero-order chi connectivity index (χ0) is 15.3. The van der Waals surface area contributed by atoms with E-state index in [-0.39, 0.29) is 18.0 Å². The van der Waals surface area contributed by atoms with Crippen LogP contribution in [0.2, 0.25) is 0 Å². The van der Waals surface area contributed by atoms with E-state index in [1.54, 1.807) is 24.2 Å². The molecule has 0 unspecified atom stereocenters. The average Bonchev–Trinajstić information content (AvgIpc) is 3.23. The summed E-state index contributed by atoms with van der Waals surface area (Å²) in [5.74, 6) is -0.732. The number of nitrogens with zero attached hydrogens (tertiary/aromatic N) is 1. The number of furan rings is 1. The van der Waals surface area contributed by atoms with E-state index in [4.69, 9.17) is 13.9 Å². The molecule has 6 heteroatoms. The number of amides is 1. The first-order valence-corrected chi connectivity index (χ1v) is 7.49. The van der Waals surface area contributed by atoms with Crippen LogP contribution < -0.4 is 0 Å². The minimum absolute atomic E-state index is 0.0682. The predicted molar refractivity (Wildman–Crippen MR) is 74.5 cm³/mol. The topological polar surface area (TPSA) is 69.0 Å². The third kappa shape index (κ3) is 1.76. The highest BCUT2D eigenvalue weighted by molar-refractivity contribution is 5.91. The first-order valence-electron chi connectivity index (χ1n) is 7.49. The lowest BCUT2D eigenvalue weighted by Crippen LogP contribution is -2.39. The zero-order valence-electron chi connectivity index (χ0n) is 12.2. The lowest BCUT2D eigenvalue weighted by molar-refractivity contribution is -0.153. The maximum atomic E-state index is 12.8. The van der Waals surface area contributed by atoms with Crippen molar-refractivity contribution >= 4 is 11.9 Å². The van der Waals surface area contributed by atoms with Crippen LogP contribution in [0.5, 0.6) is 0 Å². The van der Waals surface area contributed by atoms with Gasteiger partial charge in [0.15, 0.2) is 0 Å². The standard InChI is InChI=1S/C16H17NO5/c1-2-20-15(19)12-11-5-6-16(22-11)9-17(14(18)13(12)16)8-10-4-3-7-21-10/h3-7,11-13H,2,8-9H2,1H3/t11-,12-,13-,16+/m0/s1. The smallest absolute Gasteiger partial charge is 0.312 e. The maximum Gasteiger partial charge on any atom is 0.312 e. The van der Waals surface area contributed by atoms with Crippen molar-refractivity contribution in [1.82, 2.24) is 4.90 Å². The maximum absolute atomic E-state index is 12.8. The van der Waals surface area contributed by atoms with Crippen molar-refractivity contribution < 1.29 is 23.5 Å². The second-order valence-electron chi connectivity index (χ2n) is 5.93. The summed E-state index contributed by atoms with van der Waals surface area (Å²) >= 11 is 0. The Labute approximate surface area is 127 Å². The Morgan fingerprint density at radius 2 is 2.41 bits per heavy atom. The first kappa shape index (κ1) is 13.6. The van der Waals surface area contributed by atoms with Crippen LogP contribution in [0.15, 0.2) is 35.0 Å². The zero-order valence-corrected chi connectivity index (χ0v) is 12.2. The monoisotopic (exact) mass is 303 g/mol. The highest BCUT2D eigenvalue weighted by atomic mass is 16.6. The summed E-state index contributed by atoms with van der Waals surface area (Å²) in [6.07, 6.45) is 5.04. The Hall–Kier alpha value is -2.08. The molecule has 1 spiro atoms. The van der Waals surface area contributed by atoms with E-state index in [0.717, 1.165) is 5.76 Å². The molecule has 6 nitrogen and oxygen atoms in total. The SMILES string of the molecule is CCOC(=O)[C@H]1[C@@H]2C=C[C@]3(CN(Cc4ccco4)C(=O)[C@H]13)O2. The molecule has 2 fully saturated rings. The number of carbonyl (C=O) groups excluding carboxylic acids is 2. The molecule has 3 aliphatic rings. The van der Waals surface area contributed by atoms with Crippen molar-refractivity contribution in [2.75, 3.05) is 13.2 Å². The summed E-state index contributed by atoms with van der Waals surface area (Å²) in [5.41, 5.74) is -0.689. The summed E-state index contributed by atoms with van der Waals surface area (Å²) < 4.78 is 16.4. The fraction of sp³-hybridized carbons (Fsp3) is 0.500. The lowest BCUT2D eigenvalue weighted by atomic mass is 9.77. The molecule has 2 bridgehead atoms. The van der Waals surface area contributed by atoms with Crippen molar-refractivity contribution in [3.8, 4) is 0 Å². The molecular formula is C16H17NO5. The van der Waals surface area contributed by atoms with Gasteiger partial charge in [0.25, 0.3) is 0 Å². The highest BCUT2D eigenvalue weighted by Gasteiger charge is 2.67. The molecule has 0 N–H and O–H groups in total. The number of hydrogen-bond acceptors (Lipinski definition) is 5. The Kier molecular flexibility index (Phi) is 2.91. The van der Waals surface area contributed by atoms with Gasteiger partial charge in [0.1, 0.15) is 17.3 Å². The highest BCUT2D eigenvalue weighted by Crippen LogP contribution is 2.52. The van der Waals surface area contributed by atoms with Crippen LogP contribution in [0, 0.1) is 11.8 Å². The molecule has 1 amide bonds. The van der Waals surface area contributed by atoms with Crippen LogP contribution in [0.4, 0.5) is 0 Å².